The number of rotatable bonds is 13. The van der Waals surface area contributed by atoms with E-state index in [4.69, 9.17) is 5.11 Å². The highest BCUT2D eigenvalue weighted by atomic mass is 35.5. The van der Waals surface area contributed by atoms with Crippen molar-refractivity contribution in [1.82, 2.24) is 4.90 Å². The summed E-state index contributed by atoms with van der Waals surface area (Å²) in [4.78, 5) is 2.64. The Morgan fingerprint density at radius 2 is 1.41 bits per heavy atom. The van der Waals surface area contributed by atoms with E-state index in [1.165, 1.54) is 96.7 Å². The standard InChI is InChI=1S/C19H39NO.ClH/c1-2-3-4-5-6-7-9-12-19-13-16-20(17-14-19)15-10-8-11-18-21;/h19,21H,2-18H2,1H3;1H. The van der Waals surface area contributed by atoms with Crippen LogP contribution in [0.15, 0.2) is 0 Å². The van der Waals surface area contributed by atoms with Crippen LogP contribution in [0.5, 0.6) is 0 Å². The molecule has 0 aromatic heterocycles. The van der Waals surface area contributed by atoms with Gasteiger partial charge in [-0.15, -0.1) is 12.4 Å². The molecule has 2 nitrogen and oxygen atoms in total. The van der Waals surface area contributed by atoms with Crippen molar-refractivity contribution < 1.29 is 5.11 Å². The second-order valence-electron chi connectivity index (χ2n) is 6.98. The molecule has 1 N–H and O–H groups in total. The van der Waals surface area contributed by atoms with E-state index in [2.05, 4.69) is 11.8 Å². The van der Waals surface area contributed by atoms with Crippen LogP contribution in [-0.2, 0) is 0 Å². The van der Waals surface area contributed by atoms with Crippen LogP contribution in [0.25, 0.3) is 0 Å². The largest absolute Gasteiger partial charge is 0.396 e. The summed E-state index contributed by atoms with van der Waals surface area (Å²) in [6, 6.07) is 0. The van der Waals surface area contributed by atoms with Crippen molar-refractivity contribution in [3.8, 4) is 0 Å². The lowest BCUT2D eigenvalue weighted by Crippen LogP contribution is -2.34. The van der Waals surface area contributed by atoms with Crippen LogP contribution in [0.3, 0.4) is 0 Å². The normalized spacial score (nSPS) is 16.6. The molecule has 1 heterocycles. The van der Waals surface area contributed by atoms with Gasteiger partial charge in [0.05, 0.1) is 0 Å². The van der Waals surface area contributed by atoms with Crippen LogP contribution >= 0.6 is 12.4 Å². The molecule has 0 bridgehead atoms. The van der Waals surface area contributed by atoms with Crippen molar-refractivity contribution in [3.63, 3.8) is 0 Å². The molecule has 0 spiro atoms. The van der Waals surface area contributed by atoms with Crippen molar-refractivity contribution in [2.45, 2.75) is 90.4 Å². The molecule has 0 radical (unpaired) electrons. The summed E-state index contributed by atoms with van der Waals surface area (Å²) in [7, 11) is 0. The first-order valence-electron chi connectivity index (χ1n) is 9.70. The summed E-state index contributed by atoms with van der Waals surface area (Å²) in [6.45, 7) is 6.55. The van der Waals surface area contributed by atoms with E-state index in [1.54, 1.807) is 0 Å². The minimum absolute atomic E-state index is 0. The second-order valence-corrected chi connectivity index (χ2v) is 6.98. The van der Waals surface area contributed by atoms with E-state index in [0.717, 1.165) is 12.3 Å². The Morgan fingerprint density at radius 1 is 0.818 bits per heavy atom. The number of hydrogen-bond donors (Lipinski definition) is 1. The van der Waals surface area contributed by atoms with E-state index in [1.807, 2.05) is 0 Å². The van der Waals surface area contributed by atoms with Crippen molar-refractivity contribution >= 4 is 12.4 Å². The molecule has 0 atom stereocenters. The average molecular weight is 334 g/mol. The van der Waals surface area contributed by atoms with Crippen LogP contribution in [0.4, 0.5) is 0 Å². The van der Waals surface area contributed by atoms with Gasteiger partial charge in [0.1, 0.15) is 0 Å². The van der Waals surface area contributed by atoms with Crippen molar-refractivity contribution in [3.05, 3.63) is 0 Å². The van der Waals surface area contributed by atoms with Gasteiger partial charge >= 0.3 is 0 Å². The van der Waals surface area contributed by atoms with E-state index >= 15 is 0 Å². The Balaban J connectivity index is 0.00000441. The fourth-order valence-corrected chi connectivity index (χ4v) is 3.51. The Labute approximate surface area is 145 Å². The van der Waals surface area contributed by atoms with Crippen LogP contribution < -0.4 is 0 Å². The quantitative estimate of drug-likeness (QED) is 0.455. The number of hydrogen-bond acceptors (Lipinski definition) is 2. The van der Waals surface area contributed by atoms with Gasteiger partial charge in [-0.3, -0.25) is 0 Å². The molecule has 1 saturated heterocycles. The van der Waals surface area contributed by atoms with Crippen LogP contribution in [0.1, 0.15) is 90.4 Å². The number of unbranched alkanes of at least 4 members (excludes halogenated alkanes) is 8. The molecule has 1 rings (SSSR count). The van der Waals surface area contributed by atoms with Crippen molar-refractivity contribution in [2.24, 2.45) is 5.92 Å². The van der Waals surface area contributed by atoms with Gasteiger partial charge in [-0.2, -0.15) is 0 Å². The van der Waals surface area contributed by atoms with Gasteiger partial charge in [-0.25, -0.2) is 0 Å². The Morgan fingerprint density at radius 3 is 2.05 bits per heavy atom. The van der Waals surface area contributed by atoms with E-state index < -0.39 is 0 Å². The number of halogens is 1. The van der Waals surface area contributed by atoms with Crippen LogP contribution in [-0.4, -0.2) is 36.2 Å². The Bertz CT molecular complexity index is 215. The third kappa shape index (κ3) is 11.7. The second kappa shape index (κ2) is 16.1. The summed E-state index contributed by atoms with van der Waals surface area (Å²) in [6.07, 6.45) is 17.9. The van der Waals surface area contributed by atoms with Gasteiger partial charge in [0.25, 0.3) is 0 Å². The average Bonchev–Trinajstić information content (AvgIpc) is 2.52. The number of nitrogens with zero attached hydrogens (tertiary/aromatic N) is 1. The van der Waals surface area contributed by atoms with Gasteiger partial charge in [0.2, 0.25) is 0 Å². The molecule has 1 fully saturated rings. The highest BCUT2D eigenvalue weighted by molar-refractivity contribution is 5.85. The molecule has 1 aliphatic rings. The SMILES string of the molecule is CCCCCCCCCC1CCN(CCCCCO)CC1.Cl. The highest BCUT2D eigenvalue weighted by Gasteiger charge is 2.18. The zero-order valence-corrected chi connectivity index (χ0v) is 15.7. The van der Waals surface area contributed by atoms with E-state index in [9.17, 15) is 0 Å². The topological polar surface area (TPSA) is 23.5 Å². The van der Waals surface area contributed by atoms with Gasteiger partial charge in [-0.1, -0.05) is 58.3 Å². The molecule has 0 unspecified atom stereocenters. The molecule has 134 valence electrons. The molecule has 1 aliphatic heterocycles. The maximum atomic E-state index is 8.79. The van der Waals surface area contributed by atoms with Crippen LogP contribution in [0, 0.1) is 5.92 Å². The molecule has 0 saturated carbocycles. The molecule has 0 aliphatic carbocycles. The minimum Gasteiger partial charge on any atom is -0.396 e. The van der Waals surface area contributed by atoms with Gasteiger partial charge in [-0.05, 0) is 57.7 Å². The van der Waals surface area contributed by atoms with E-state index in [0.29, 0.717) is 6.61 Å². The summed E-state index contributed by atoms with van der Waals surface area (Å²) in [5, 5.41) is 8.79. The first kappa shape index (κ1) is 22.2. The molecule has 0 aromatic rings. The number of aliphatic hydroxyl groups is 1. The number of likely N-dealkylation sites (tertiary alicyclic amines) is 1. The lowest BCUT2D eigenvalue weighted by molar-refractivity contribution is 0.172. The molecular formula is C19H40ClNO. The molecule has 3 heteroatoms. The first-order valence-corrected chi connectivity index (χ1v) is 9.70. The summed E-state index contributed by atoms with van der Waals surface area (Å²) in [5.41, 5.74) is 0. The predicted molar refractivity (Wildman–Crippen MR) is 100.0 cm³/mol. The first-order chi connectivity index (χ1) is 10.4. The molecule has 0 aromatic carbocycles. The maximum absolute atomic E-state index is 8.79. The van der Waals surface area contributed by atoms with Crippen molar-refractivity contribution in [2.75, 3.05) is 26.2 Å². The van der Waals surface area contributed by atoms with Crippen LogP contribution in [0.2, 0.25) is 0 Å². The minimum atomic E-state index is 0. The lowest BCUT2D eigenvalue weighted by atomic mass is 9.91. The van der Waals surface area contributed by atoms with E-state index in [-0.39, 0.29) is 12.4 Å². The maximum Gasteiger partial charge on any atom is 0.0431 e. The zero-order chi connectivity index (χ0) is 15.2. The summed E-state index contributed by atoms with van der Waals surface area (Å²) < 4.78 is 0. The number of aliphatic hydroxyl groups excluding tert-OH is 1. The Hall–Kier alpha value is 0.210. The lowest BCUT2D eigenvalue weighted by Gasteiger charge is -2.32. The Kier molecular flexibility index (Phi) is 16.2. The van der Waals surface area contributed by atoms with Gasteiger partial charge in [0, 0.05) is 6.61 Å². The smallest absolute Gasteiger partial charge is 0.0431 e. The zero-order valence-electron chi connectivity index (χ0n) is 14.9. The third-order valence-electron chi connectivity index (χ3n) is 5.06. The fraction of sp³-hybridized carbons (Fsp3) is 1.00. The summed E-state index contributed by atoms with van der Waals surface area (Å²) >= 11 is 0. The molecule has 0 amide bonds. The van der Waals surface area contributed by atoms with Crippen molar-refractivity contribution in [1.29, 1.82) is 0 Å². The van der Waals surface area contributed by atoms with Gasteiger partial charge < -0.3 is 10.0 Å². The third-order valence-corrected chi connectivity index (χ3v) is 5.06. The monoisotopic (exact) mass is 333 g/mol. The number of piperidine rings is 1. The van der Waals surface area contributed by atoms with Gasteiger partial charge in [0.15, 0.2) is 0 Å². The molecule has 22 heavy (non-hydrogen) atoms. The molecular weight excluding hydrogens is 294 g/mol. The highest BCUT2D eigenvalue weighted by Crippen LogP contribution is 2.23. The summed E-state index contributed by atoms with van der Waals surface area (Å²) in [5.74, 6) is 1.01. The fourth-order valence-electron chi connectivity index (χ4n) is 3.51. The predicted octanol–water partition coefficient (Wildman–Crippen LogP) is 5.42.